The van der Waals surface area contributed by atoms with E-state index in [2.05, 4.69) is 5.10 Å². The summed E-state index contributed by atoms with van der Waals surface area (Å²) in [6.45, 7) is 1.46. The second kappa shape index (κ2) is 5.61. The van der Waals surface area contributed by atoms with Crippen molar-refractivity contribution in [3.63, 3.8) is 0 Å². The number of aromatic nitrogens is 2. The van der Waals surface area contributed by atoms with Crippen molar-refractivity contribution in [3.8, 4) is 5.69 Å². The van der Waals surface area contributed by atoms with E-state index in [1.807, 2.05) is 37.3 Å². The Morgan fingerprint density at radius 3 is 2.73 bits per heavy atom. The smallest absolute Gasteiger partial charge is 0.348 e. The number of ether oxygens (including phenoxy) is 1. The molecule has 0 atom stereocenters. The predicted octanol–water partition coefficient (Wildman–Crippen LogP) is 2.04. The largest absolute Gasteiger partial charge is 0.451 e. The Labute approximate surface area is 130 Å². The molecule has 0 aliphatic carbocycles. The molecule has 0 aliphatic heterocycles. The van der Waals surface area contributed by atoms with Crippen molar-refractivity contribution in [2.24, 2.45) is 5.73 Å². The summed E-state index contributed by atoms with van der Waals surface area (Å²) in [5.41, 5.74) is 6.71. The van der Waals surface area contributed by atoms with Crippen LogP contribution in [0.5, 0.6) is 0 Å². The van der Waals surface area contributed by atoms with Crippen molar-refractivity contribution >= 4 is 33.4 Å². The summed E-state index contributed by atoms with van der Waals surface area (Å²) in [5.74, 6) is -1.24. The van der Waals surface area contributed by atoms with Gasteiger partial charge in [-0.15, -0.1) is 11.3 Å². The molecular formula is C15H13N3O3S. The molecule has 0 bridgehead atoms. The zero-order valence-electron chi connectivity index (χ0n) is 11.8. The molecule has 6 nitrogen and oxygen atoms in total. The molecule has 0 fully saturated rings. The van der Waals surface area contributed by atoms with Gasteiger partial charge in [0.05, 0.1) is 11.4 Å². The van der Waals surface area contributed by atoms with Crippen LogP contribution in [0.3, 0.4) is 0 Å². The van der Waals surface area contributed by atoms with Crippen LogP contribution >= 0.6 is 11.3 Å². The van der Waals surface area contributed by atoms with E-state index in [4.69, 9.17) is 10.5 Å². The number of primary amides is 1. The number of carbonyl (C=O) groups excluding carboxylic acids is 2. The second-order valence-corrected chi connectivity index (χ2v) is 5.74. The molecule has 0 radical (unpaired) electrons. The highest BCUT2D eigenvalue weighted by molar-refractivity contribution is 7.20. The maximum absolute atomic E-state index is 11.9. The van der Waals surface area contributed by atoms with Crippen molar-refractivity contribution < 1.29 is 14.3 Å². The van der Waals surface area contributed by atoms with E-state index in [9.17, 15) is 9.59 Å². The number of carbonyl (C=O) groups is 2. The van der Waals surface area contributed by atoms with E-state index in [1.54, 1.807) is 10.7 Å². The minimum absolute atomic E-state index is 0.418. The number of nitrogens with zero attached hydrogens (tertiary/aromatic N) is 2. The lowest BCUT2D eigenvalue weighted by Gasteiger charge is -2.01. The van der Waals surface area contributed by atoms with Gasteiger partial charge in [0.2, 0.25) is 0 Å². The van der Waals surface area contributed by atoms with Gasteiger partial charge in [-0.1, -0.05) is 18.2 Å². The third-order valence-corrected chi connectivity index (χ3v) is 4.18. The molecule has 22 heavy (non-hydrogen) atoms. The fraction of sp³-hybridized carbons (Fsp3) is 0.133. The highest BCUT2D eigenvalue weighted by Crippen LogP contribution is 2.30. The number of rotatable bonds is 4. The number of amides is 1. The van der Waals surface area contributed by atoms with E-state index in [0.29, 0.717) is 4.88 Å². The highest BCUT2D eigenvalue weighted by atomic mass is 32.1. The maximum Gasteiger partial charge on any atom is 0.348 e. The monoisotopic (exact) mass is 315 g/mol. The molecule has 1 amide bonds. The van der Waals surface area contributed by atoms with Crippen LogP contribution in [0, 0.1) is 6.92 Å². The van der Waals surface area contributed by atoms with Crippen LogP contribution in [-0.2, 0) is 9.53 Å². The van der Waals surface area contributed by atoms with Crippen LogP contribution in [-0.4, -0.2) is 28.3 Å². The summed E-state index contributed by atoms with van der Waals surface area (Å²) < 4.78 is 6.63. The Bertz CT molecular complexity index is 852. The number of fused-ring (bicyclic) bond motifs is 1. The molecule has 0 saturated carbocycles. The first-order valence-electron chi connectivity index (χ1n) is 6.56. The number of nitrogens with two attached hydrogens (primary N) is 1. The minimum Gasteiger partial charge on any atom is -0.451 e. The molecular weight excluding hydrogens is 302 g/mol. The summed E-state index contributed by atoms with van der Waals surface area (Å²) in [6.07, 6.45) is 0. The number of para-hydroxylation sites is 1. The second-order valence-electron chi connectivity index (χ2n) is 4.70. The van der Waals surface area contributed by atoms with Crippen LogP contribution in [0.25, 0.3) is 15.9 Å². The first kappa shape index (κ1) is 14.3. The van der Waals surface area contributed by atoms with Gasteiger partial charge in [-0.2, -0.15) is 5.10 Å². The molecule has 0 saturated heterocycles. The van der Waals surface area contributed by atoms with Gasteiger partial charge < -0.3 is 10.5 Å². The highest BCUT2D eigenvalue weighted by Gasteiger charge is 2.18. The van der Waals surface area contributed by atoms with Crippen LogP contribution in [0.15, 0.2) is 36.4 Å². The maximum atomic E-state index is 11.9. The topological polar surface area (TPSA) is 87.2 Å². The number of esters is 1. The molecule has 0 spiro atoms. The van der Waals surface area contributed by atoms with E-state index < -0.39 is 18.5 Å². The Balaban J connectivity index is 2.00. The lowest BCUT2D eigenvalue weighted by Crippen LogP contribution is -2.20. The van der Waals surface area contributed by atoms with E-state index >= 15 is 0 Å². The van der Waals surface area contributed by atoms with Gasteiger partial charge in [0.1, 0.15) is 9.71 Å². The van der Waals surface area contributed by atoms with Gasteiger partial charge in [0.15, 0.2) is 6.61 Å². The average Bonchev–Trinajstić information content (AvgIpc) is 3.07. The van der Waals surface area contributed by atoms with Gasteiger partial charge in [0.25, 0.3) is 5.91 Å². The molecule has 2 aromatic heterocycles. The number of hydrogen-bond donors (Lipinski definition) is 1. The van der Waals surface area contributed by atoms with Crippen molar-refractivity contribution in [1.29, 1.82) is 0 Å². The fourth-order valence-electron chi connectivity index (χ4n) is 2.10. The standard InChI is InChI=1S/C15H13N3O3S/c1-9-11-7-12(15(20)21-8-13(16)19)22-14(11)18(17-9)10-5-3-2-4-6-10/h2-7H,8H2,1H3,(H2,16,19). The minimum atomic E-state index is -0.680. The third-order valence-electron chi connectivity index (χ3n) is 3.09. The van der Waals surface area contributed by atoms with E-state index in [-0.39, 0.29) is 0 Å². The first-order chi connectivity index (χ1) is 10.6. The Morgan fingerprint density at radius 1 is 1.32 bits per heavy atom. The fourth-order valence-corrected chi connectivity index (χ4v) is 3.18. The summed E-state index contributed by atoms with van der Waals surface area (Å²) in [7, 11) is 0. The van der Waals surface area contributed by atoms with Gasteiger partial charge in [-0.25, -0.2) is 9.48 Å². The Morgan fingerprint density at radius 2 is 2.05 bits per heavy atom. The summed E-state index contributed by atoms with van der Waals surface area (Å²) in [4.78, 5) is 23.9. The number of aryl methyl sites for hydroxylation is 1. The summed E-state index contributed by atoms with van der Waals surface area (Å²) in [6, 6.07) is 11.4. The lowest BCUT2D eigenvalue weighted by atomic mass is 10.3. The van der Waals surface area contributed by atoms with Gasteiger partial charge in [-0.3, -0.25) is 4.79 Å². The molecule has 2 N–H and O–H groups in total. The number of benzene rings is 1. The zero-order valence-corrected chi connectivity index (χ0v) is 12.6. The van der Waals surface area contributed by atoms with Crippen LogP contribution in [0.2, 0.25) is 0 Å². The molecule has 2 heterocycles. The van der Waals surface area contributed by atoms with E-state index in [1.165, 1.54) is 11.3 Å². The van der Waals surface area contributed by atoms with Crippen molar-refractivity contribution in [2.45, 2.75) is 6.92 Å². The number of hydrogen-bond acceptors (Lipinski definition) is 5. The van der Waals surface area contributed by atoms with Crippen LogP contribution in [0.4, 0.5) is 0 Å². The predicted molar refractivity (Wildman–Crippen MR) is 83.2 cm³/mol. The molecule has 3 aromatic rings. The lowest BCUT2D eigenvalue weighted by molar-refractivity contribution is -0.121. The Hall–Kier alpha value is -2.67. The van der Waals surface area contributed by atoms with Crippen molar-refractivity contribution in [1.82, 2.24) is 9.78 Å². The van der Waals surface area contributed by atoms with Crippen LogP contribution in [0.1, 0.15) is 15.4 Å². The zero-order chi connectivity index (χ0) is 15.7. The van der Waals surface area contributed by atoms with E-state index in [0.717, 1.165) is 21.6 Å². The molecule has 112 valence electrons. The summed E-state index contributed by atoms with van der Waals surface area (Å²) in [5, 5.41) is 5.38. The molecule has 0 unspecified atom stereocenters. The normalized spacial score (nSPS) is 10.8. The quantitative estimate of drug-likeness (QED) is 0.746. The Kier molecular flexibility index (Phi) is 3.64. The van der Waals surface area contributed by atoms with Crippen molar-refractivity contribution in [2.75, 3.05) is 6.61 Å². The first-order valence-corrected chi connectivity index (χ1v) is 7.38. The third kappa shape index (κ3) is 2.58. The van der Waals surface area contributed by atoms with Crippen LogP contribution < -0.4 is 5.73 Å². The number of thiophene rings is 1. The van der Waals surface area contributed by atoms with Gasteiger partial charge >= 0.3 is 5.97 Å². The van der Waals surface area contributed by atoms with Gasteiger partial charge in [0, 0.05) is 5.39 Å². The molecule has 0 aliphatic rings. The summed E-state index contributed by atoms with van der Waals surface area (Å²) >= 11 is 1.27. The van der Waals surface area contributed by atoms with Gasteiger partial charge in [-0.05, 0) is 25.1 Å². The van der Waals surface area contributed by atoms with Crippen molar-refractivity contribution in [3.05, 3.63) is 47.0 Å². The molecule has 3 rings (SSSR count). The molecule has 7 heteroatoms. The SMILES string of the molecule is Cc1nn(-c2ccccc2)c2sc(C(=O)OCC(N)=O)cc12. The average molecular weight is 315 g/mol. The molecule has 1 aromatic carbocycles.